The first kappa shape index (κ1) is 10.8. The molecule has 0 N–H and O–H groups in total. The van der Waals surface area contributed by atoms with Crippen molar-refractivity contribution in [2.24, 2.45) is 0 Å². The van der Waals surface area contributed by atoms with E-state index in [9.17, 15) is 0 Å². The minimum Gasteiger partial charge on any atom is -0.361 e. The lowest BCUT2D eigenvalue weighted by Crippen LogP contribution is -2.02. The number of benzene rings is 1. The maximum atomic E-state index is 5.58. The van der Waals surface area contributed by atoms with Crippen molar-refractivity contribution in [1.82, 2.24) is 0 Å². The Morgan fingerprint density at radius 2 is 2.07 bits per heavy atom. The van der Waals surface area contributed by atoms with E-state index in [1.807, 2.05) is 30.3 Å². The fourth-order valence-electron chi connectivity index (χ4n) is 1.21. The van der Waals surface area contributed by atoms with Gasteiger partial charge in [0, 0.05) is 6.61 Å². The van der Waals surface area contributed by atoms with Crippen molar-refractivity contribution in [3.05, 3.63) is 35.9 Å². The first-order valence-electron chi connectivity index (χ1n) is 5.01. The molecular formula is C13H16O. The molecule has 1 aromatic carbocycles. The van der Waals surface area contributed by atoms with Crippen LogP contribution in [0.4, 0.5) is 0 Å². The first-order chi connectivity index (χ1) is 6.88. The molecule has 1 heteroatoms. The van der Waals surface area contributed by atoms with Crippen molar-refractivity contribution in [3.8, 4) is 12.3 Å². The van der Waals surface area contributed by atoms with Crippen molar-refractivity contribution in [2.75, 3.05) is 6.61 Å². The van der Waals surface area contributed by atoms with Gasteiger partial charge in [-0.2, -0.15) is 0 Å². The summed E-state index contributed by atoms with van der Waals surface area (Å²) in [6, 6.07) is 9.92. The SMILES string of the molecule is C#CC(OCCCC)c1ccccc1. The van der Waals surface area contributed by atoms with Gasteiger partial charge in [0.15, 0.2) is 0 Å². The second-order valence-corrected chi connectivity index (χ2v) is 3.18. The lowest BCUT2D eigenvalue weighted by Gasteiger charge is -2.11. The van der Waals surface area contributed by atoms with E-state index < -0.39 is 0 Å². The molecule has 0 heterocycles. The molecule has 1 nitrogen and oxygen atoms in total. The van der Waals surface area contributed by atoms with E-state index in [-0.39, 0.29) is 6.10 Å². The zero-order valence-electron chi connectivity index (χ0n) is 8.57. The van der Waals surface area contributed by atoms with Crippen LogP contribution in [-0.2, 0) is 4.74 Å². The molecule has 0 aromatic heterocycles. The van der Waals surface area contributed by atoms with Gasteiger partial charge in [0.1, 0.15) is 6.10 Å². The summed E-state index contributed by atoms with van der Waals surface area (Å²) in [6.45, 7) is 2.87. The third-order valence-electron chi connectivity index (χ3n) is 2.04. The van der Waals surface area contributed by atoms with Gasteiger partial charge in [-0.05, 0) is 12.0 Å². The highest BCUT2D eigenvalue weighted by atomic mass is 16.5. The van der Waals surface area contributed by atoms with E-state index in [0.717, 1.165) is 25.0 Å². The topological polar surface area (TPSA) is 9.23 Å². The third-order valence-corrected chi connectivity index (χ3v) is 2.04. The number of rotatable bonds is 5. The lowest BCUT2D eigenvalue weighted by molar-refractivity contribution is 0.0893. The number of hydrogen-bond acceptors (Lipinski definition) is 1. The summed E-state index contributed by atoms with van der Waals surface area (Å²) >= 11 is 0. The molecule has 74 valence electrons. The van der Waals surface area contributed by atoms with Crippen molar-refractivity contribution >= 4 is 0 Å². The Morgan fingerprint density at radius 3 is 2.64 bits per heavy atom. The van der Waals surface area contributed by atoms with Gasteiger partial charge in [-0.25, -0.2) is 0 Å². The van der Waals surface area contributed by atoms with Gasteiger partial charge in [-0.1, -0.05) is 49.6 Å². The van der Waals surface area contributed by atoms with Gasteiger partial charge in [0.2, 0.25) is 0 Å². The van der Waals surface area contributed by atoms with Crippen LogP contribution < -0.4 is 0 Å². The van der Waals surface area contributed by atoms with E-state index in [1.165, 1.54) is 0 Å². The van der Waals surface area contributed by atoms with Crippen molar-refractivity contribution in [1.29, 1.82) is 0 Å². The Hall–Kier alpha value is -1.26. The molecule has 0 aliphatic carbocycles. The molecule has 0 aliphatic heterocycles. The number of ether oxygens (including phenoxy) is 1. The smallest absolute Gasteiger partial charge is 0.143 e. The van der Waals surface area contributed by atoms with E-state index in [1.54, 1.807) is 0 Å². The van der Waals surface area contributed by atoms with Gasteiger partial charge >= 0.3 is 0 Å². The maximum absolute atomic E-state index is 5.58. The van der Waals surface area contributed by atoms with Crippen LogP contribution in [0.5, 0.6) is 0 Å². The number of unbranched alkanes of at least 4 members (excludes halogenated alkanes) is 1. The largest absolute Gasteiger partial charge is 0.361 e. The molecule has 1 unspecified atom stereocenters. The fraction of sp³-hybridized carbons (Fsp3) is 0.385. The Kier molecular flexibility index (Phi) is 4.82. The third kappa shape index (κ3) is 3.24. The Bertz CT molecular complexity index is 284. The highest BCUT2D eigenvalue weighted by Crippen LogP contribution is 2.15. The molecule has 0 aliphatic rings. The maximum Gasteiger partial charge on any atom is 0.143 e. The van der Waals surface area contributed by atoms with Crippen LogP contribution in [0, 0.1) is 12.3 Å². The van der Waals surface area contributed by atoms with E-state index >= 15 is 0 Å². The average Bonchev–Trinajstić information content (AvgIpc) is 2.26. The average molecular weight is 188 g/mol. The van der Waals surface area contributed by atoms with Crippen LogP contribution in [0.1, 0.15) is 31.4 Å². The molecule has 0 saturated heterocycles. The van der Waals surface area contributed by atoms with Gasteiger partial charge in [0.25, 0.3) is 0 Å². The van der Waals surface area contributed by atoms with Crippen molar-refractivity contribution in [3.63, 3.8) is 0 Å². The molecule has 0 saturated carbocycles. The Labute approximate surface area is 86.1 Å². The quantitative estimate of drug-likeness (QED) is 0.509. The van der Waals surface area contributed by atoms with E-state index in [4.69, 9.17) is 11.2 Å². The normalized spacial score (nSPS) is 12.0. The second-order valence-electron chi connectivity index (χ2n) is 3.18. The molecule has 0 spiro atoms. The van der Waals surface area contributed by atoms with Gasteiger partial charge in [0.05, 0.1) is 0 Å². The first-order valence-corrected chi connectivity index (χ1v) is 5.01. The summed E-state index contributed by atoms with van der Waals surface area (Å²) < 4.78 is 5.58. The Balaban J connectivity index is 2.52. The summed E-state index contributed by atoms with van der Waals surface area (Å²) in [7, 11) is 0. The summed E-state index contributed by atoms with van der Waals surface area (Å²) in [6.07, 6.45) is 7.41. The summed E-state index contributed by atoms with van der Waals surface area (Å²) in [5, 5.41) is 0. The zero-order chi connectivity index (χ0) is 10.2. The molecule has 1 aromatic rings. The van der Waals surface area contributed by atoms with Crippen LogP contribution in [0.15, 0.2) is 30.3 Å². The molecule has 0 bridgehead atoms. The highest BCUT2D eigenvalue weighted by Gasteiger charge is 2.06. The minimum atomic E-state index is -0.192. The molecule has 0 radical (unpaired) electrons. The monoisotopic (exact) mass is 188 g/mol. The van der Waals surface area contributed by atoms with Gasteiger partial charge in [-0.15, -0.1) is 6.42 Å². The van der Waals surface area contributed by atoms with Crippen molar-refractivity contribution in [2.45, 2.75) is 25.9 Å². The van der Waals surface area contributed by atoms with E-state index in [0.29, 0.717) is 0 Å². The predicted octanol–water partition coefficient (Wildman–Crippen LogP) is 3.18. The van der Waals surface area contributed by atoms with Gasteiger partial charge < -0.3 is 4.74 Å². The molecule has 0 fully saturated rings. The molecule has 1 rings (SSSR count). The highest BCUT2D eigenvalue weighted by molar-refractivity contribution is 5.23. The Morgan fingerprint density at radius 1 is 1.36 bits per heavy atom. The molecule has 14 heavy (non-hydrogen) atoms. The zero-order valence-corrected chi connectivity index (χ0v) is 8.57. The predicted molar refractivity (Wildman–Crippen MR) is 58.9 cm³/mol. The van der Waals surface area contributed by atoms with Crippen LogP contribution in [-0.4, -0.2) is 6.61 Å². The van der Waals surface area contributed by atoms with E-state index in [2.05, 4.69) is 12.8 Å². The lowest BCUT2D eigenvalue weighted by atomic mass is 10.1. The van der Waals surface area contributed by atoms with Crippen LogP contribution >= 0.6 is 0 Å². The number of terminal acetylenes is 1. The fourth-order valence-corrected chi connectivity index (χ4v) is 1.21. The molecule has 1 atom stereocenters. The van der Waals surface area contributed by atoms with Gasteiger partial charge in [-0.3, -0.25) is 0 Å². The minimum absolute atomic E-state index is 0.192. The second kappa shape index (κ2) is 6.23. The summed E-state index contributed by atoms with van der Waals surface area (Å²) in [5.74, 6) is 2.66. The summed E-state index contributed by atoms with van der Waals surface area (Å²) in [5.41, 5.74) is 1.06. The van der Waals surface area contributed by atoms with Crippen LogP contribution in [0.25, 0.3) is 0 Å². The van der Waals surface area contributed by atoms with Crippen molar-refractivity contribution < 1.29 is 4.74 Å². The molecular weight excluding hydrogens is 172 g/mol. The number of hydrogen-bond donors (Lipinski definition) is 0. The molecule has 0 amide bonds. The van der Waals surface area contributed by atoms with Crippen LogP contribution in [0.2, 0.25) is 0 Å². The van der Waals surface area contributed by atoms with Crippen LogP contribution in [0.3, 0.4) is 0 Å². The standard InChI is InChI=1S/C13H16O/c1-3-5-11-14-13(4-2)12-9-7-6-8-10-12/h2,6-10,13H,3,5,11H2,1H3. The summed E-state index contributed by atoms with van der Waals surface area (Å²) in [4.78, 5) is 0.